The monoisotopic (exact) mass is 477 g/mol. The average molecular weight is 478 g/mol. The van der Waals surface area contributed by atoms with Crippen LogP contribution in [0.4, 0.5) is 0 Å². The molecule has 6 nitrogen and oxygen atoms in total. The number of methoxy groups -OCH3 is 1. The summed E-state index contributed by atoms with van der Waals surface area (Å²) in [4.78, 5) is 33.4. The highest BCUT2D eigenvalue weighted by atomic mass is 16.5. The summed E-state index contributed by atoms with van der Waals surface area (Å²) < 4.78 is 5.28. The molecule has 188 valence electrons. The SMILES string of the molecule is CCCCC(=O)N(CC(=O)N(CCc1c[nH]c2ccccc12)Cc1ccc(OC)cc1)CC(C)C. The molecule has 3 rings (SSSR count). The fourth-order valence-corrected chi connectivity index (χ4v) is 4.28. The summed E-state index contributed by atoms with van der Waals surface area (Å²) in [5, 5.41) is 1.18. The Hall–Kier alpha value is -3.28. The number of carbonyl (C=O) groups is 2. The van der Waals surface area contributed by atoms with Crippen molar-refractivity contribution >= 4 is 22.7 Å². The Morgan fingerprint density at radius 2 is 1.74 bits per heavy atom. The third kappa shape index (κ3) is 7.61. The third-order valence-electron chi connectivity index (χ3n) is 6.22. The predicted molar refractivity (Wildman–Crippen MR) is 141 cm³/mol. The van der Waals surface area contributed by atoms with Crippen molar-refractivity contribution < 1.29 is 14.3 Å². The molecule has 0 bridgehead atoms. The van der Waals surface area contributed by atoms with Crippen LogP contribution in [0.25, 0.3) is 10.9 Å². The lowest BCUT2D eigenvalue weighted by atomic mass is 10.1. The first kappa shape index (κ1) is 26.3. The van der Waals surface area contributed by atoms with Gasteiger partial charge >= 0.3 is 0 Å². The maximum Gasteiger partial charge on any atom is 0.242 e. The topological polar surface area (TPSA) is 65.6 Å². The van der Waals surface area contributed by atoms with Crippen LogP contribution in [0.2, 0.25) is 0 Å². The van der Waals surface area contributed by atoms with Gasteiger partial charge in [0.1, 0.15) is 5.75 Å². The van der Waals surface area contributed by atoms with E-state index in [9.17, 15) is 9.59 Å². The number of carbonyl (C=O) groups excluding carboxylic acids is 2. The summed E-state index contributed by atoms with van der Waals surface area (Å²) >= 11 is 0. The van der Waals surface area contributed by atoms with E-state index in [1.807, 2.05) is 47.5 Å². The van der Waals surface area contributed by atoms with Gasteiger partial charge in [-0.2, -0.15) is 0 Å². The lowest BCUT2D eigenvalue weighted by Gasteiger charge is -2.29. The third-order valence-corrected chi connectivity index (χ3v) is 6.22. The molecular weight excluding hydrogens is 438 g/mol. The van der Waals surface area contributed by atoms with Gasteiger partial charge < -0.3 is 19.5 Å². The highest BCUT2D eigenvalue weighted by Crippen LogP contribution is 2.20. The Kier molecular flexibility index (Phi) is 9.76. The lowest BCUT2D eigenvalue weighted by molar-refractivity contribution is -0.141. The van der Waals surface area contributed by atoms with Gasteiger partial charge in [0.05, 0.1) is 13.7 Å². The second kappa shape index (κ2) is 13.0. The first-order chi connectivity index (χ1) is 16.9. The fraction of sp³-hybridized carbons (Fsp3) is 0.448. The van der Waals surface area contributed by atoms with Crippen molar-refractivity contribution in [3.63, 3.8) is 0 Å². The Morgan fingerprint density at radius 3 is 2.43 bits per heavy atom. The van der Waals surface area contributed by atoms with E-state index < -0.39 is 0 Å². The number of nitrogens with zero attached hydrogens (tertiary/aromatic N) is 2. The average Bonchev–Trinajstić information content (AvgIpc) is 3.27. The van der Waals surface area contributed by atoms with E-state index in [1.165, 1.54) is 10.9 Å². The molecule has 1 aromatic heterocycles. The van der Waals surface area contributed by atoms with E-state index in [0.717, 1.165) is 36.1 Å². The summed E-state index contributed by atoms with van der Waals surface area (Å²) in [6, 6.07) is 16.0. The Bertz CT molecular complexity index is 1090. The van der Waals surface area contributed by atoms with Crippen LogP contribution in [0.1, 0.15) is 51.2 Å². The molecule has 0 saturated heterocycles. The molecule has 35 heavy (non-hydrogen) atoms. The van der Waals surface area contributed by atoms with Crippen LogP contribution >= 0.6 is 0 Å². The molecule has 0 atom stereocenters. The van der Waals surface area contributed by atoms with Crippen LogP contribution in [0.3, 0.4) is 0 Å². The summed E-state index contributed by atoms with van der Waals surface area (Å²) in [7, 11) is 1.64. The number of unbranched alkanes of at least 4 members (excludes halogenated alkanes) is 1. The molecule has 1 heterocycles. The van der Waals surface area contributed by atoms with Gasteiger partial charge in [-0.05, 0) is 48.1 Å². The number of H-pyrrole nitrogens is 1. The number of nitrogens with one attached hydrogen (secondary N) is 1. The van der Waals surface area contributed by atoms with Crippen LogP contribution < -0.4 is 4.74 Å². The van der Waals surface area contributed by atoms with E-state index in [-0.39, 0.29) is 18.4 Å². The van der Waals surface area contributed by atoms with Gasteiger partial charge in [0.2, 0.25) is 11.8 Å². The highest BCUT2D eigenvalue weighted by Gasteiger charge is 2.22. The van der Waals surface area contributed by atoms with Crippen molar-refractivity contribution in [1.29, 1.82) is 0 Å². The normalized spacial score (nSPS) is 11.1. The van der Waals surface area contributed by atoms with Gasteiger partial charge in [-0.25, -0.2) is 0 Å². The molecule has 0 fully saturated rings. The standard InChI is InChI=1S/C29H39N3O3/c1-5-6-11-28(33)32(19-22(2)3)21-29(34)31(20-23-12-14-25(35-4)15-13-23)17-16-24-18-30-27-10-8-7-9-26(24)27/h7-10,12-15,18,22,30H,5-6,11,16-17,19-21H2,1-4H3. The number of hydrogen-bond donors (Lipinski definition) is 1. The summed E-state index contributed by atoms with van der Waals surface area (Å²) in [5.74, 6) is 1.13. The maximum absolute atomic E-state index is 13.6. The number of hydrogen-bond acceptors (Lipinski definition) is 3. The van der Waals surface area contributed by atoms with Crippen molar-refractivity contribution in [2.24, 2.45) is 5.92 Å². The molecule has 1 N–H and O–H groups in total. The van der Waals surface area contributed by atoms with Gasteiger partial charge in [0.25, 0.3) is 0 Å². The Balaban J connectivity index is 1.77. The smallest absolute Gasteiger partial charge is 0.242 e. The molecule has 0 radical (unpaired) electrons. The molecule has 0 aliphatic heterocycles. The number of para-hydroxylation sites is 1. The first-order valence-corrected chi connectivity index (χ1v) is 12.6. The van der Waals surface area contributed by atoms with Crippen molar-refractivity contribution in [3.8, 4) is 5.75 Å². The number of amides is 2. The molecule has 0 aliphatic carbocycles. The van der Waals surface area contributed by atoms with Crippen molar-refractivity contribution in [1.82, 2.24) is 14.8 Å². The zero-order valence-corrected chi connectivity index (χ0v) is 21.5. The van der Waals surface area contributed by atoms with Crippen LogP contribution in [-0.2, 0) is 22.6 Å². The second-order valence-corrected chi connectivity index (χ2v) is 9.54. The fourth-order valence-electron chi connectivity index (χ4n) is 4.28. The number of aromatic nitrogens is 1. The second-order valence-electron chi connectivity index (χ2n) is 9.54. The van der Waals surface area contributed by atoms with Crippen molar-refractivity contribution in [2.45, 2.75) is 53.0 Å². The van der Waals surface area contributed by atoms with Gasteiger partial charge in [-0.3, -0.25) is 9.59 Å². The Labute approximate surface area is 209 Å². The minimum atomic E-state index is -0.0221. The molecule has 6 heteroatoms. The van der Waals surface area contributed by atoms with E-state index in [4.69, 9.17) is 4.74 Å². The largest absolute Gasteiger partial charge is 0.497 e. The minimum absolute atomic E-state index is 0.0221. The molecular formula is C29H39N3O3. The zero-order chi connectivity index (χ0) is 25.2. The molecule has 3 aromatic rings. The van der Waals surface area contributed by atoms with Crippen molar-refractivity contribution in [3.05, 3.63) is 65.9 Å². The summed E-state index contributed by atoms with van der Waals surface area (Å²) in [6.07, 6.45) is 5.06. The highest BCUT2D eigenvalue weighted by molar-refractivity contribution is 5.85. The molecule has 0 saturated carbocycles. The van der Waals surface area contributed by atoms with Crippen LogP contribution in [0, 0.1) is 5.92 Å². The minimum Gasteiger partial charge on any atom is -0.497 e. The zero-order valence-electron chi connectivity index (χ0n) is 21.5. The van der Waals surface area contributed by atoms with E-state index in [1.54, 1.807) is 12.0 Å². The van der Waals surface area contributed by atoms with E-state index in [0.29, 0.717) is 32.0 Å². The van der Waals surface area contributed by atoms with E-state index in [2.05, 4.69) is 37.9 Å². The van der Waals surface area contributed by atoms with Crippen LogP contribution in [0.5, 0.6) is 5.75 Å². The van der Waals surface area contributed by atoms with Gasteiger partial charge in [0, 0.05) is 43.2 Å². The predicted octanol–water partition coefficient (Wildman–Crippen LogP) is 5.42. The van der Waals surface area contributed by atoms with Gasteiger partial charge in [-0.1, -0.05) is 57.5 Å². The molecule has 2 amide bonds. The quantitative estimate of drug-likeness (QED) is 0.357. The number of ether oxygens (including phenoxy) is 1. The number of fused-ring (bicyclic) bond motifs is 1. The molecule has 0 spiro atoms. The number of aromatic amines is 1. The summed E-state index contributed by atoms with van der Waals surface area (Å²) in [5.41, 5.74) is 3.32. The van der Waals surface area contributed by atoms with Gasteiger partial charge in [0.15, 0.2) is 0 Å². The van der Waals surface area contributed by atoms with Crippen molar-refractivity contribution in [2.75, 3.05) is 26.7 Å². The number of benzene rings is 2. The molecule has 0 unspecified atom stereocenters. The molecule has 0 aliphatic rings. The van der Waals surface area contributed by atoms with Gasteiger partial charge in [-0.15, -0.1) is 0 Å². The molecule has 2 aromatic carbocycles. The van der Waals surface area contributed by atoms with E-state index >= 15 is 0 Å². The lowest BCUT2D eigenvalue weighted by Crippen LogP contribution is -2.44. The first-order valence-electron chi connectivity index (χ1n) is 12.6. The maximum atomic E-state index is 13.6. The van der Waals surface area contributed by atoms with Crippen LogP contribution in [0.15, 0.2) is 54.7 Å². The van der Waals surface area contributed by atoms with Crippen LogP contribution in [-0.4, -0.2) is 53.3 Å². The Morgan fingerprint density at radius 1 is 1.00 bits per heavy atom. The summed E-state index contributed by atoms with van der Waals surface area (Å²) in [6.45, 7) is 8.01. The number of rotatable bonds is 13.